The number of aromatic nitrogens is 3. The predicted molar refractivity (Wildman–Crippen MR) is 125 cm³/mol. The molecule has 0 radical (unpaired) electrons. The van der Waals surface area contributed by atoms with E-state index in [9.17, 15) is 4.79 Å². The first-order valence-corrected chi connectivity index (χ1v) is 11.0. The lowest BCUT2D eigenvalue weighted by molar-refractivity contribution is 0.102. The second kappa shape index (κ2) is 8.02. The van der Waals surface area contributed by atoms with Crippen molar-refractivity contribution in [2.75, 3.05) is 10.6 Å². The molecule has 1 amide bonds. The molecule has 2 N–H and O–H groups in total. The summed E-state index contributed by atoms with van der Waals surface area (Å²) < 4.78 is 1.79. The Morgan fingerprint density at radius 1 is 1.13 bits per heavy atom. The highest BCUT2D eigenvalue weighted by atomic mass is 35.5. The van der Waals surface area contributed by atoms with E-state index in [4.69, 9.17) is 11.6 Å². The van der Waals surface area contributed by atoms with Gasteiger partial charge in [0.1, 0.15) is 6.04 Å². The average Bonchev–Trinajstić information content (AvgIpc) is 3.44. The molecule has 4 aromatic rings. The van der Waals surface area contributed by atoms with E-state index in [-0.39, 0.29) is 17.9 Å². The smallest absolute Gasteiger partial charge is 0.268 e. The molecule has 1 aliphatic heterocycles. The standard InChI is InChI=1S/C23H18ClN5OS/c1-14-4-6-16(7-5-14)19-13-18(15-8-10-17(24)11-9-15)25-23-27-22(28-29(19)23)26-21(30)20-3-2-12-31-20/h2-13,19H,1H3,(H2,25,26,27,28,30)/t19-/m0/s1. The third-order valence-corrected chi connectivity index (χ3v) is 6.13. The number of amides is 1. The van der Waals surface area contributed by atoms with Crippen LogP contribution >= 0.6 is 22.9 Å². The number of nitrogens with one attached hydrogen (secondary N) is 2. The van der Waals surface area contributed by atoms with Gasteiger partial charge in [0.2, 0.25) is 5.95 Å². The molecular weight excluding hydrogens is 430 g/mol. The van der Waals surface area contributed by atoms with Crippen LogP contribution in [-0.4, -0.2) is 20.7 Å². The van der Waals surface area contributed by atoms with Gasteiger partial charge in [-0.25, -0.2) is 4.68 Å². The fourth-order valence-corrected chi connectivity index (χ4v) is 4.16. The van der Waals surface area contributed by atoms with Crippen LogP contribution in [0.3, 0.4) is 0 Å². The van der Waals surface area contributed by atoms with Crippen molar-refractivity contribution in [1.82, 2.24) is 14.8 Å². The molecule has 0 saturated carbocycles. The topological polar surface area (TPSA) is 71.8 Å². The fraction of sp³-hybridized carbons (Fsp3) is 0.0870. The lowest BCUT2D eigenvalue weighted by Crippen LogP contribution is -2.20. The van der Waals surface area contributed by atoms with Crippen LogP contribution in [0.1, 0.15) is 32.4 Å². The summed E-state index contributed by atoms with van der Waals surface area (Å²) in [5.41, 5.74) is 4.14. The lowest BCUT2D eigenvalue weighted by atomic mass is 10.0. The predicted octanol–water partition coefficient (Wildman–Crippen LogP) is 5.61. The quantitative estimate of drug-likeness (QED) is 0.426. The summed E-state index contributed by atoms with van der Waals surface area (Å²) >= 11 is 7.43. The number of carbonyl (C=O) groups excluding carboxylic acids is 1. The van der Waals surface area contributed by atoms with Crippen molar-refractivity contribution in [2.45, 2.75) is 13.0 Å². The summed E-state index contributed by atoms with van der Waals surface area (Å²) in [6.07, 6.45) is 2.10. The normalized spacial score (nSPS) is 15.0. The molecule has 1 atom stereocenters. The summed E-state index contributed by atoms with van der Waals surface area (Å²) in [5.74, 6) is 0.582. The second-order valence-electron chi connectivity index (χ2n) is 7.20. The molecule has 0 saturated heterocycles. The molecule has 0 unspecified atom stereocenters. The molecule has 0 aliphatic carbocycles. The molecule has 0 spiro atoms. The summed E-state index contributed by atoms with van der Waals surface area (Å²) in [5, 5.41) is 13.2. The van der Waals surface area contributed by atoms with Crippen LogP contribution in [0.15, 0.2) is 72.1 Å². The van der Waals surface area contributed by atoms with Gasteiger partial charge in [-0.1, -0.05) is 59.6 Å². The molecule has 6 nitrogen and oxygen atoms in total. The van der Waals surface area contributed by atoms with Crippen molar-refractivity contribution >= 4 is 46.4 Å². The third kappa shape index (κ3) is 3.97. The van der Waals surface area contributed by atoms with Crippen molar-refractivity contribution < 1.29 is 4.79 Å². The lowest BCUT2D eigenvalue weighted by Gasteiger charge is -2.24. The average molecular weight is 448 g/mol. The van der Waals surface area contributed by atoms with Gasteiger partial charge in [-0.3, -0.25) is 10.1 Å². The summed E-state index contributed by atoms with van der Waals surface area (Å²) in [6, 6.07) is 19.4. The molecule has 2 aromatic carbocycles. The van der Waals surface area contributed by atoms with Gasteiger partial charge < -0.3 is 5.32 Å². The van der Waals surface area contributed by atoms with Crippen LogP contribution in [0.2, 0.25) is 5.02 Å². The van der Waals surface area contributed by atoms with E-state index in [2.05, 4.69) is 58.0 Å². The minimum Gasteiger partial charge on any atom is -0.324 e. The number of allylic oxidation sites excluding steroid dienone is 1. The molecule has 154 valence electrons. The number of hydrogen-bond acceptors (Lipinski definition) is 5. The Morgan fingerprint density at radius 2 is 1.90 bits per heavy atom. The zero-order valence-electron chi connectivity index (χ0n) is 16.5. The number of halogens is 1. The third-order valence-electron chi connectivity index (χ3n) is 5.01. The van der Waals surface area contributed by atoms with E-state index in [0.717, 1.165) is 16.8 Å². The molecule has 0 fully saturated rings. The first-order chi connectivity index (χ1) is 15.1. The monoisotopic (exact) mass is 447 g/mol. The zero-order chi connectivity index (χ0) is 21.4. The minimum absolute atomic E-state index is 0.178. The SMILES string of the molecule is Cc1ccc([C@@H]2C=C(c3ccc(Cl)cc3)Nc3nc(NC(=O)c4cccs4)nn32)cc1. The maximum Gasteiger partial charge on any atom is 0.268 e. The van der Waals surface area contributed by atoms with Crippen molar-refractivity contribution in [3.05, 3.63) is 98.7 Å². The Hall–Kier alpha value is -3.42. The largest absolute Gasteiger partial charge is 0.324 e. The molecular formula is C23H18ClN5OS. The van der Waals surface area contributed by atoms with Crippen LogP contribution < -0.4 is 10.6 Å². The number of hydrogen-bond donors (Lipinski definition) is 2. The van der Waals surface area contributed by atoms with Crippen molar-refractivity contribution in [3.8, 4) is 0 Å². The summed E-state index contributed by atoms with van der Waals surface area (Å²) in [4.78, 5) is 17.6. The Balaban J connectivity index is 1.53. The van der Waals surface area contributed by atoms with Gasteiger partial charge in [0.15, 0.2) is 0 Å². The molecule has 3 heterocycles. The first-order valence-electron chi connectivity index (χ1n) is 9.69. The number of aryl methyl sites for hydroxylation is 1. The number of anilines is 2. The Bertz CT molecular complexity index is 1260. The van der Waals surface area contributed by atoms with Gasteiger partial charge in [-0.15, -0.1) is 16.4 Å². The van der Waals surface area contributed by atoms with Crippen LogP contribution in [0, 0.1) is 6.92 Å². The van der Waals surface area contributed by atoms with E-state index in [1.54, 1.807) is 10.7 Å². The van der Waals surface area contributed by atoms with Gasteiger partial charge >= 0.3 is 0 Å². The molecule has 1 aliphatic rings. The molecule has 5 rings (SSSR count). The van der Waals surface area contributed by atoms with Crippen molar-refractivity contribution in [3.63, 3.8) is 0 Å². The van der Waals surface area contributed by atoms with Gasteiger partial charge in [0.25, 0.3) is 11.9 Å². The first kappa shape index (κ1) is 19.5. The number of nitrogens with zero attached hydrogens (tertiary/aromatic N) is 3. The number of carbonyl (C=O) groups is 1. The minimum atomic E-state index is -0.226. The second-order valence-corrected chi connectivity index (χ2v) is 8.59. The maximum atomic E-state index is 12.5. The molecule has 0 bridgehead atoms. The number of thiophene rings is 1. The van der Waals surface area contributed by atoms with Crippen LogP contribution in [0.5, 0.6) is 0 Å². The van der Waals surface area contributed by atoms with E-state index in [0.29, 0.717) is 15.8 Å². The summed E-state index contributed by atoms with van der Waals surface area (Å²) in [6.45, 7) is 2.06. The van der Waals surface area contributed by atoms with Crippen molar-refractivity contribution in [2.24, 2.45) is 0 Å². The Morgan fingerprint density at radius 3 is 2.61 bits per heavy atom. The van der Waals surface area contributed by atoms with E-state index in [1.807, 2.05) is 35.7 Å². The molecule has 8 heteroatoms. The highest BCUT2D eigenvalue weighted by Crippen LogP contribution is 2.33. The number of benzene rings is 2. The zero-order valence-corrected chi connectivity index (χ0v) is 18.1. The number of rotatable bonds is 4. The van der Waals surface area contributed by atoms with E-state index in [1.165, 1.54) is 16.9 Å². The van der Waals surface area contributed by atoms with Crippen molar-refractivity contribution in [1.29, 1.82) is 0 Å². The van der Waals surface area contributed by atoms with Gasteiger partial charge in [-0.05, 0) is 47.7 Å². The van der Waals surface area contributed by atoms with E-state index < -0.39 is 0 Å². The van der Waals surface area contributed by atoms with Gasteiger partial charge in [-0.2, -0.15) is 4.98 Å². The van der Waals surface area contributed by atoms with Gasteiger partial charge in [0, 0.05) is 10.7 Å². The summed E-state index contributed by atoms with van der Waals surface area (Å²) in [7, 11) is 0. The highest BCUT2D eigenvalue weighted by molar-refractivity contribution is 7.12. The van der Waals surface area contributed by atoms with Crippen LogP contribution in [0.25, 0.3) is 5.70 Å². The van der Waals surface area contributed by atoms with Crippen LogP contribution in [-0.2, 0) is 0 Å². The van der Waals surface area contributed by atoms with E-state index >= 15 is 0 Å². The fourth-order valence-electron chi connectivity index (χ4n) is 3.42. The Kier molecular flexibility index (Phi) is 5.05. The molecule has 2 aromatic heterocycles. The molecule has 31 heavy (non-hydrogen) atoms. The number of fused-ring (bicyclic) bond motifs is 1. The maximum absolute atomic E-state index is 12.5. The highest BCUT2D eigenvalue weighted by Gasteiger charge is 2.26. The van der Waals surface area contributed by atoms with Crippen LogP contribution in [0.4, 0.5) is 11.9 Å². The van der Waals surface area contributed by atoms with Gasteiger partial charge in [0.05, 0.1) is 4.88 Å². The Labute approximate surface area is 188 Å².